The molecule has 2 heteroatoms. The van der Waals surface area contributed by atoms with Gasteiger partial charge in [0.15, 0.2) is 0 Å². The molecule has 0 amide bonds. The van der Waals surface area contributed by atoms with Crippen LogP contribution in [-0.4, -0.2) is 31.1 Å². The van der Waals surface area contributed by atoms with Crippen LogP contribution < -0.4 is 5.32 Å². The van der Waals surface area contributed by atoms with Crippen molar-refractivity contribution in [3.63, 3.8) is 0 Å². The highest BCUT2D eigenvalue weighted by molar-refractivity contribution is 5.20. The van der Waals surface area contributed by atoms with Crippen molar-refractivity contribution in [2.45, 2.75) is 12.5 Å². The number of nitrogens with zero attached hydrogens (tertiary/aromatic N) is 1. The number of hydrogen-bond acceptors (Lipinski definition) is 2. The molecule has 0 aromatic heterocycles. The van der Waals surface area contributed by atoms with Crippen molar-refractivity contribution in [2.75, 3.05) is 26.2 Å². The molecule has 1 N–H and O–H groups in total. The van der Waals surface area contributed by atoms with Crippen molar-refractivity contribution in [2.24, 2.45) is 0 Å². The molecule has 2 aromatic carbocycles. The molecule has 1 heterocycles. The summed E-state index contributed by atoms with van der Waals surface area (Å²) in [5.41, 5.74) is 2.77. The van der Waals surface area contributed by atoms with Gasteiger partial charge >= 0.3 is 0 Å². The number of hydrogen-bond donors (Lipinski definition) is 1. The second kappa shape index (κ2) is 7.92. The van der Waals surface area contributed by atoms with Gasteiger partial charge in [-0.3, -0.25) is 4.90 Å². The second-order valence-electron chi connectivity index (χ2n) is 5.84. The molecular formula is C20H24N2. The number of benzene rings is 2. The van der Waals surface area contributed by atoms with Crippen LogP contribution in [0.25, 0.3) is 0 Å². The summed E-state index contributed by atoms with van der Waals surface area (Å²) in [4.78, 5) is 2.48. The minimum Gasteiger partial charge on any atom is -0.309 e. The average molecular weight is 292 g/mol. The fourth-order valence-corrected chi connectivity index (χ4v) is 2.94. The lowest BCUT2D eigenvalue weighted by molar-refractivity contribution is 0.303. The summed E-state index contributed by atoms with van der Waals surface area (Å²) in [6.45, 7) is 4.21. The van der Waals surface area contributed by atoms with Gasteiger partial charge in [-0.1, -0.05) is 72.8 Å². The van der Waals surface area contributed by atoms with Crippen LogP contribution in [0.15, 0.2) is 72.8 Å². The minimum absolute atomic E-state index is 0.393. The van der Waals surface area contributed by atoms with E-state index in [1.54, 1.807) is 0 Å². The molecule has 0 bridgehead atoms. The van der Waals surface area contributed by atoms with Crippen molar-refractivity contribution in [3.8, 4) is 0 Å². The molecular weight excluding hydrogens is 268 g/mol. The van der Waals surface area contributed by atoms with E-state index >= 15 is 0 Å². The van der Waals surface area contributed by atoms with Crippen molar-refractivity contribution < 1.29 is 0 Å². The monoisotopic (exact) mass is 292 g/mol. The van der Waals surface area contributed by atoms with Crippen molar-refractivity contribution in [1.82, 2.24) is 10.2 Å². The fourth-order valence-electron chi connectivity index (χ4n) is 2.94. The molecule has 22 heavy (non-hydrogen) atoms. The molecule has 114 valence electrons. The summed E-state index contributed by atoms with van der Waals surface area (Å²) < 4.78 is 0. The van der Waals surface area contributed by atoms with E-state index in [0.29, 0.717) is 6.04 Å². The quantitative estimate of drug-likeness (QED) is 0.787. The maximum Gasteiger partial charge on any atom is 0.0449 e. The summed E-state index contributed by atoms with van der Waals surface area (Å²) in [5.74, 6) is 0. The van der Waals surface area contributed by atoms with Crippen molar-refractivity contribution in [3.05, 3.63) is 83.9 Å². The molecule has 1 aliphatic rings. The number of nitrogens with one attached hydrogen (secondary N) is 1. The maximum atomic E-state index is 3.74. The zero-order valence-electron chi connectivity index (χ0n) is 13.0. The van der Waals surface area contributed by atoms with E-state index in [1.165, 1.54) is 11.1 Å². The Bertz CT molecular complexity index is 569. The molecule has 3 rings (SSSR count). The third-order valence-electron chi connectivity index (χ3n) is 4.18. The topological polar surface area (TPSA) is 15.3 Å². The first kappa shape index (κ1) is 15.0. The van der Waals surface area contributed by atoms with Crippen LogP contribution in [0, 0.1) is 0 Å². The normalized spacial score (nSPS) is 16.0. The molecule has 1 atom stereocenters. The molecule has 0 saturated carbocycles. The molecule has 2 aromatic rings. The zero-order valence-corrected chi connectivity index (χ0v) is 13.0. The molecule has 0 fully saturated rings. The lowest BCUT2D eigenvalue weighted by Crippen LogP contribution is -2.35. The van der Waals surface area contributed by atoms with Gasteiger partial charge in [-0.15, -0.1) is 0 Å². The van der Waals surface area contributed by atoms with E-state index in [9.17, 15) is 0 Å². The maximum absolute atomic E-state index is 3.74. The first-order chi connectivity index (χ1) is 10.9. The number of rotatable bonds is 7. The molecule has 0 saturated heterocycles. The minimum atomic E-state index is 0.393. The van der Waals surface area contributed by atoms with Crippen LogP contribution in [-0.2, 0) is 6.42 Å². The third-order valence-corrected chi connectivity index (χ3v) is 4.18. The molecule has 0 radical (unpaired) electrons. The van der Waals surface area contributed by atoms with Crippen LogP contribution in [0.1, 0.15) is 17.2 Å². The highest BCUT2D eigenvalue weighted by Gasteiger charge is 2.16. The summed E-state index contributed by atoms with van der Waals surface area (Å²) in [6.07, 6.45) is 5.58. The first-order valence-corrected chi connectivity index (χ1v) is 8.11. The van der Waals surface area contributed by atoms with Gasteiger partial charge in [0.2, 0.25) is 0 Å². The largest absolute Gasteiger partial charge is 0.309 e. The predicted molar refractivity (Wildman–Crippen MR) is 92.9 cm³/mol. The summed E-state index contributed by atoms with van der Waals surface area (Å²) in [7, 11) is 0. The van der Waals surface area contributed by atoms with Crippen LogP contribution in [0.4, 0.5) is 0 Å². The fraction of sp³-hybridized carbons (Fsp3) is 0.300. The molecule has 0 spiro atoms. The molecule has 2 nitrogen and oxygen atoms in total. The van der Waals surface area contributed by atoms with Gasteiger partial charge < -0.3 is 5.32 Å². The average Bonchev–Trinajstić information content (AvgIpc) is 3.09. The zero-order chi connectivity index (χ0) is 15.0. The van der Waals surface area contributed by atoms with Gasteiger partial charge in [0.1, 0.15) is 0 Å². The summed E-state index contributed by atoms with van der Waals surface area (Å²) in [6, 6.07) is 21.9. The standard InChI is InChI=1S/C20H24N2/c1-3-9-18(10-4-1)13-14-21-20(17-22-15-7-8-16-22)19-11-5-2-6-12-19/h1-12,20-21H,13-17H2. The Hall–Kier alpha value is -1.90. The molecule has 0 aliphatic carbocycles. The smallest absolute Gasteiger partial charge is 0.0449 e. The van der Waals surface area contributed by atoms with Gasteiger partial charge in [0.05, 0.1) is 0 Å². The van der Waals surface area contributed by atoms with Crippen LogP contribution in [0.5, 0.6) is 0 Å². The lowest BCUT2D eigenvalue weighted by atomic mass is 10.1. The highest BCUT2D eigenvalue weighted by atomic mass is 15.2. The Kier molecular flexibility index (Phi) is 5.41. The Morgan fingerprint density at radius 2 is 1.50 bits per heavy atom. The summed E-state index contributed by atoms with van der Waals surface area (Å²) >= 11 is 0. The van der Waals surface area contributed by atoms with E-state index in [1.807, 2.05) is 0 Å². The van der Waals surface area contributed by atoms with Gasteiger partial charge in [-0.2, -0.15) is 0 Å². The van der Waals surface area contributed by atoms with Gasteiger partial charge in [-0.05, 0) is 24.1 Å². The van der Waals surface area contributed by atoms with E-state index in [0.717, 1.165) is 32.6 Å². The second-order valence-corrected chi connectivity index (χ2v) is 5.84. The lowest BCUT2D eigenvalue weighted by Gasteiger charge is -2.25. The van der Waals surface area contributed by atoms with E-state index in [-0.39, 0.29) is 0 Å². The van der Waals surface area contributed by atoms with Gasteiger partial charge in [-0.25, -0.2) is 0 Å². The Balaban J connectivity index is 1.58. The Morgan fingerprint density at radius 1 is 0.864 bits per heavy atom. The van der Waals surface area contributed by atoms with Crippen LogP contribution in [0.2, 0.25) is 0 Å². The molecule has 1 aliphatic heterocycles. The van der Waals surface area contributed by atoms with Crippen LogP contribution in [0.3, 0.4) is 0 Å². The van der Waals surface area contributed by atoms with E-state index in [2.05, 4.69) is 83.0 Å². The Morgan fingerprint density at radius 3 is 2.18 bits per heavy atom. The third kappa shape index (κ3) is 4.30. The van der Waals surface area contributed by atoms with Crippen molar-refractivity contribution in [1.29, 1.82) is 0 Å². The first-order valence-electron chi connectivity index (χ1n) is 8.11. The molecule has 1 unspecified atom stereocenters. The predicted octanol–water partition coefficient (Wildman–Crippen LogP) is 3.43. The van der Waals surface area contributed by atoms with E-state index < -0.39 is 0 Å². The van der Waals surface area contributed by atoms with Crippen molar-refractivity contribution >= 4 is 0 Å². The Labute approximate surface area is 133 Å². The highest BCUT2D eigenvalue weighted by Crippen LogP contribution is 2.15. The SMILES string of the molecule is C1=CCN(CC(NCCc2ccccc2)c2ccccc2)C1. The van der Waals surface area contributed by atoms with Gasteiger partial charge in [0, 0.05) is 25.7 Å². The summed E-state index contributed by atoms with van der Waals surface area (Å²) in [5, 5.41) is 3.74. The van der Waals surface area contributed by atoms with Crippen LogP contribution >= 0.6 is 0 Å². The van der Waals surface area contributed by atoms with Gasteiger partial charge in [0.25, 0.3) is 0 Å². The van der Waals surface area contributed by atoms with E-state index in [4.69, 9.17) is 0 Å².